The van der Waals surface area contributed by atoms with Crippen LogP contribution in [-0.4, -0.2) is 23.2 Å². The molecule has 1 rings (SSSR count). The molecule has 1 aromatic heterocycles. The molecule has 4 nitrogen and oxygen atoms in total. The highest BCUT2D eigenvalue weighted by Crippen LogP contribution is 2.14. The largest absolute Gasteiger partial charge is 0.444 e. The van der Waals surface area contributed by atoms with Crippen molar-refractivity contribution in [2.45, 2.75) is 46.1 Å². The molecule has 1 heterocycles. The highest BCUT2D eigenvalue weighted by atomic mass is 35.5. The number of alkyl carbamates (subject to hydrolysis) is 1. The molecule has 1 unspecified atom stereocenters. The summed E-state index contributed by atoms with van der Waals surface area (Å²) in [7, 11) is 0. The lowest BCUT2D eigenvalue weighted by Gasteiger charge is -2.21. The molecule has 0 aliphatic carbocycles. The fourth-order valence-electron chi connectivity index (χ4n) is 1.81. The van der Waals surface area contributed by atoms with Crippen LogP contribution in [0.2, 0.25) is 5.15 Å². The highest BCUT2D eigenvalue weighted by Gasteiger charge is 2.17. The Bertz CT molecular complexity index is 444. The summed E-state index contributed by atoms with van der Waals surface area (Å²) >= 11 is 5.87. The predicted octanol–water partition coefficient (Wildman–Crippen LogP) is 3.83. The Kier molecular flexibility index (Phi) is 6.27. The van der Waals surface area contributed by atoms with Gasteiger partial charge >= 0.3 is 6.09 Å². The maximum absolute atomic E-state index is 11.6. The summed E-state index contributed by atoms with van der Waals surface area (Å²) in [5.74, 6) is 0.348. The number of halogens is 1. The molecule has 20 heavy (non-hydrogen) atoms. The van der Waals surface area contributed by atoms with Crippen molar-refractivity contribution in [2.24, 2.45) is 5.92 Å². The molecule has 0 fully saturated rings. The molecule has 1 amide bonds. The second kappa shape index (κ2) is 7.48. The third-order valence-electron chi connectivity index (χ3n) is 2.83. The van der Waals surface area contributed by atoms with E-state index in [2.05, 4.69) is 17.2 Å². The van der Waals surface area contributed by atoms with Gasteiger partial charge in [-0.25, -0.2) is 9.78 Å². The summed E-state index contributed by atoms with van der Waals surface area (Å²) in [5, 5.41) is 3.31. The van der Waals surface area contributed by atoms with Gasteiger partial charge in [-0.3, -0.25) is 0 Å². The summed E-state index contributed by atoms with van der Waals surface area (Å²) in [4.78, 5) is 15.6. The normalized spacial score (nSPS) is 12.8. The Labute approximate surface area is 125 Å². The number of aromatic nitrogens is 1. The predicted molar refractivity (Wildman–Crippen MR) is 81.0 cm³/mol. The number of carbonyl (C=O) groups excluding carboxylic acids is 1. The Hall–Kier alpha value is -1.29. The summed E-state index contributed by atoms with van der Waals surface area (Å²) in [6.07, 6.45) is 3.15. The van der Waals surface area contributed by atoms with E-state index in [1.165, 1.54) is 0 Å². The van der Waals surface area contributed by atoms with E-state index in [-0.39, 0.29) is 6.09 Å². The molecular formula is C15H23ClN2O2. The van der Waals surface area contributed by atoms with E-state index in [0.29, 0.717) is 17.6 Å². The highest BCUT2D eigenvalue weighted by molar-refractivity contribution is 6.29. The number of hydrogen-bond donors (Lipinski definition) is 1. The first-order chi connectivity index (χ1) is 9.30. The Morgan fingerprint density at radius 2 is 2.20 bits per heavy atom. The summed E-state index contributed by atoms with van der Waals surface area (Å²) in [6, 6.07) is 3.81. The molecule has 0 spiro atoms. The number of ether oxygens (including phenoxy) is 1. The zero-order valence-electron chi connectivity index (χ0n) is 12.6. The second-order valence-electron chi connectivity index (χ2n) is 5.85. The number of pyridine rings is 1. The van der Waals surface area contributed by atoms with E-state index in [9.17, 15) is 4.79 Å². The third-order valence-corrected chi connectivity index (χ3v) is 3.03. The minimum absolute atomic E-state index is 0.348. The van der Waals surface area contributed by atoms with Gasteiger partial charge in [-0.05, 0) is 50.8 Å². The van der Waals surface area contributed by atoms with Crippen LogP contribution in [0.4, 0.5) is 4.79 Å². The topological polar surface area (TPSA) is 51.2 Å². The molecule has 0 saturated heterocycles. The van der Waals surface area contributed by atoms with Crippen LogP contribution in [-0.2, 0) is 11.2 Å². The van der Waals surface area contributed by atoms with Crippen LogP contribution in [0, 0.1) is 5.92 Å². The van der Waals surface area contributed by atoms with Crippen LogP contribution in [0.1, 0.15) is 39.7 Å². The number of nitrogens with one attached hydrogen (secondary N) is 1. The standard InChI is InChI=1S/C15H23ClN2O2/c1-5-11(8-12-6-7-17-13(16)9-12)10-18-14(19)20-15(2,3)4/h6-7,9,11H,5,8,10H2,1-4H3,(H,18,19). The van der Waals surface area contributed by atoms with Gasteiger partial charge in [0.15, 0.2) is 0 Å². The molecular weight excluding hydrogens is 276 g/mol. The van der Waals surface area contributed by atoms with Gasteiger partial charge in [0, 0.05) is 12.7 Å². The number of rotatable bonds is 5. The molecule has 0 aliphatic heterocycles. The van der Waals surface area contributed by atoms with Gasteiger partial charge in [0.05, 0.1) is 0 Å². The third kappa shape index (κ3) is 6.75. The van der Waals surface area contributed by atoms with E-state index < -0.39 is 5.60 Å². The minimum Gasteiger partial charge on any atom is -0.444 e. The van der Waals surface area contributed by atoms with Crippen LogP contribution in [0.3, 0.4) is 0 Å². The van der Waals surface area contributed by atoms with Crippen molar-refractivity contribution in [3.63, 3.8) is 0 Å². The van der Waals surface area contributed by atoms with Crippen molar-refractivity contribution < 1.29 is 9.53 Å². The van der Waals surface area contributed by atoms with Gasteiger partial charge in [0.25, 0.3) is 0 Å². The molecule has 112 valence electrons. The van der Waals surface area contributed by atoms with Crippen molar-refractivity contribution in [3.8, 4) is 0 Å². The summed E-state index contributed by atoms with van der Waals surface area (Å²) in [5.41, 5.74) is 0.660. The number of nitrogens with zero attached hydrogens (tertiary/aromatic N) is 1. The molecule has 0 aliphatic rings. The lowest BCUT2D eigenvalue weighted by molar-refractivity contribution is 0.0518. The van der Waals surface area contributed by atoms with E-state index >= 15 is 0 Å². The van der Waals surface area contributed by atoms with Gasteiger partial charge in [0.2, 0.25) is 0 Å². The zero-order chi connectivity index (χ0) is 15.2. The zero-order valence-corrected chi connectivity index (χ0v) is 13.3. The summed E-state index contributed by atoms with van der Waals surface area (Å²) in [6.45, 7) is 8.24. The number of carbonyl (C=O) groups is 1. The van der Waals surface area contributed by atoms with Crippen molar-refractivity contribution in [1.82, 2.24) is 10.3 Å². The Morgan fingerprint density at radius 1 is 1.50 bits per heavy atom. The molecule has 0 saturated carbocycles. The van der Waals surface area contributed by atoms with Crippen molar-refractivity contribution >= 4 is 17.7 Å². The molecule has 0 aromatic carbocycles. The van der Waals surface area contributed by atoms with E-state index in [4.69, 9.17) is 16.3 Å². The monoisotopic (exact) mass is 298 g/mol. The fraction of sp³-hybridized carbons (Fsp3) is 0.600. The van der Waals surface area contributed by atoms with Crippen LogP contribution in [0.25, 0.3) is 0 Å². The maximum Gasteiger partial charge on any atom is 0.407 e. The van der Waals surface area contributed by atoms with Crippen molar-refractivity contribution in [1.29, 1.82) is 0 Å². The van der Waals surface area contributed by atoms with Crippen LogP contribution < -0.4 is 5.32 Å². The molecule has 5 heteroatoms. The van der Waals surface area contributed by atoms with Gasteiger partial charge in [-0.15, -0.1) is 0 Å². The van der Waals surface area contributed by atoms with Crippen LogP contribution in [0.5, 0.6) is 0 Å². The lowest BCUT2D eigenvalue weighted by atomic mass is 9.97. The number of amides is 1. The fourth-order valence-corrected chi connectivity index (χ4v) is 2.00. The average Bonchev–Trinajstić information content (AvgIpc) is 2.32. The minimum atomic E-state index is -0.468. The maximum atomic E-state index is 11.6. The van der Waals surface area contributed by atoms with E-state index in [1.54, 1.807) is 6.20 Å². The van der Waals surface area contributed by atoms with Crippen LogP contribution >= 0.6 is 11.6 Å². The molecule has 1 atom stereocenters. The van der Waals surface area contributed by atoms with E-state index in [0.717, 1.165) is 18.4 Å². The molecule has 0 radical (unpaired) electrons. The SMILES string of the molecule is CCC(CNC(=O)OC(C)(C)C)Cc1ccnc(Cl)c1. The lowest BCUT2D eigenvalue weighted by Crippen LogP contribution is -2.35. The number of hydrogen-bond acceptors (Lipinski definition) is 3. The quantitative estimate of drug-likeness (QED) is 0.841. The van der Waals surface area contributed by atoms with Crippen molar-refractivity contribution in [2.75, 3.05) is 6.54 Å². The van der Waals surface area contributed by atoms with Gasteiger partial charge in [0.1, 0.15) is 10.8 Å². The molecule has 0 bridgehead atoms. The van der Waals surface area contributed by atoms with Gasteiger partial charge in [-0.2, -0.15) is 0 Å². The van der Waals surface area contributed by atoms with Crippen LogP contribution in [0.15, 0.2) is 18.3 Å². The smallest absolute Gasteiger partial charge is 0.407 e. The molecule has 1 aromatic rings. The van der Waals surface area contributed by atoms with Gasteiger partial charge < -0.3 is 10.1 Å². The molecule has 1 N–H and O–H groups in total. The first-order valence-corrected chi connectivity index (χ1v) is 7.25. The van der Waals surface area contributed by atoms with Crippen molar-refractivity contribution in [3.05, 3.63) is 29.0 Å². The Balaban J connectivity index is 2.46. The summed E-state index contributed by atoms with van der Waals surface area (Å²) < 4.78 is 5.22. The Morgan fingerprint density at radius 3 is 2.75 bits per heavy atom. The first-order valence-electron chi connectivity index (χ1n) is 6.87. The average molecular weight is 299 g/mol. The second-order valence-corrected chi connectivity index (χ2v) is 6.24. The first kappa shape index (κ1) is 16.8. The van der Waals surface area contributed by atoms with Gasteiger partial charge in [-0.1, -0.05) is 24.9 Å². The van der Waals surface area contributed by atoms with E-state index in [1.807, 2.05) is 32.9 Å².